The summed E-state index contributed by atoms with van der Waals surface area (Å²) in [4.78, 5) is 41.2. The van der Waals surface area contributed by atoms with Crippen molar-refractivity contribution < 1.29 is 39.6 Å². The number of carbonyl (C=O) groups excluding carboxylic acids is 2. The molecular weight excluding hydrogens is 528 g/mol. The molecule has 0 radical (unpaired) electrons. The average molecular weight is 569 g/mol. The van der Waals surface area contributed by atoms with Crippen LogP contribution < -0.4 is 5.32 Å². The minimum absolute atomic E-state index is 0.00460. The third-order valence-electron chi connectivity index (χ3n) is 10.7. The minimum atomic E-state index is -1.60. The van der Waals surface area contributed by atoms with Crippen molar-refractivity contribution in [3.05, 3.63) is 47.0 Å². The molecule has 0 saturated heterocycles. The summed E-state index contributed by atoms with van der Waals surface area (Å²) in [5.74, 6) is -1.61. The number of Topliss-reactive ketones (excluding diaryl/α,β-unsaturated/α-hetero) is 1. The van der Waals surface area contributed by atoms with Crippen molar-refractivity contribution in [3.63, 3.8) is 0 Å². The van der Waals surface area contributed by atoms with E-state index in [2.05, 4.69) is 17.4 Å². The lowest BCUT2D eigenvalue weighted by Crippen LogP contribution is -2.62. The van der Waals surface area contributed by atoms with Crippen LogP contribution in [0.3, 0.4) is 0 Å². The predicted octanol–water partition coefficient (Wildman–Crippen LogP) is 2.60. The predicted molar refractivity (Wildman–Crippen MR) is 149 cm³/mol. The Balaban J connectivity index is 1.21. The van der Waals surface area contributed by atoms with E-state index in [0.29, 0.717) is 25.7 Å². The number of carboxylic acid groups (broad SMARTS) is 1. The van der Waals surface area contributed by atoms with E-state index < -0.39 is 35.5 Å². The number of oxime groups is 1. The Morgan fingerprint density at radius 2 is 1.83 bits per heavy atom. The van der Waals surface area contributed by atoms with Crippen LogP contribution in [0.2, 0.25) is 0 Å². The molecule has 10 nitrogen and oxygen atoms in total. The number of nitrogens with zero attached hydrogens (tertiary/aromatic N) is 1. The largest absolute Gasteiger partial charge is 0.478 e. The maximum Gasteiger partial charge on any atom is 0.335 e. The topological polar surface area (TPSA) is 166 Å². The van der Waals surface area contributed by atoms with Crippen LogP contribution in [0.4, 0.5) is 0 Å². The quantitative estimate of drug-likeness (QED) is 0.299. The zero-order chi connectivity index (χ0) is 29.6. The number of allylic oxidation sites excluding steroid dienone is 2. The molecule has 0 bridgehead atoms. The maximum absolute atomic E-state index is 12.6. The second kappa shape index (κ2) is 11.0. The molecule has 10 heteroatoms. The molecule has 222 valence electrons. The van der Waals surface area contributed by atoms with Gasteiger partial charge in [0.05, 0.1) is 17.4 Å². The summed E-state index contributed by atoms with van der Waals surface area (Å²) in [6, 6.07) is 6.27. The molecule has 5 rings (SSSR count). The van der Waals surface area contributed by atoms with E-state index in [1.807, 2.05) is 13.0 Å². The van der Waals surface area contributed by atoms with Gasteiger partial charge in [0.1, 0.15) is 12.2 Å². The molecule has 4 aliphatic carbocycles. The molecule has 41 heavy (non-hydrogen) atoms. The van der Waals surface area contributed by atoms with Crippen LogP contribution in [0, 0.1) is 28.6 Å². The molecule has 5 N–H and O–H groups in total. The van der Waals surface area contributed by atoms with Crippen molar-refractivity contribution in [3.8, 4) is 0 Å². The lowest BCUT2D eigenvalue weighted by Gasteiger charge is -2.60. The van der Waals surface area contributed by atoms with Crippen LogP contribution in [0.1, 0.15) is 74.7 Å². The van der Waals surface area contributed by atoms with Crippen LogP contribution in [0.25, 0.3) is 0 Å². The highest BCUT2D eigenvalue weighted by molar-refractivity contribution is 5.96. The second-order valence-corrected chi connectivity index (χ2v) is 12.7. The standard InChI is InChI=1S/C31H40N2O8/c1-29-11-9-21(33-41-17-26(37)32-15-18-3-5-19(6-4-18)28(38)39)13-20(29)7-8-22-23-10-12-31(40,25(36)16-34)30(23,2)14-24(35)27(22)29/h3-6,13,22-24,27,34-35,40H,7-12,14-17H2,1-2H3,(H,32,37)(H,38,39)/t22-,23+,24+,27-,29+,30-,31+/m1/s1. The number of fused-ring (bicyclic) bond motifs is 5. The molecule has 3 fully saturated rings. The van der Waals surface area contributed by atoms with Crippen molar-refractivity contribution >= 4 is 23.4 Å². The van der Waals surface area contributed by atoms with Crippen molar-refractivity contribution in [1.29, 1.82) is 0 Å². The fraction of sp³-hybridized carbons (Fsp3) is 0.613. The van der Waals surface area contributed by atoms with Gasteiger partial charge >= 0.3 is 5.97 Å². The molecule has 4 aliphatic rings. The molecule has 0 spiro atoms. The molecule has 0 aromatic heterocycles. The number of aromatic carboxylic acids is 1. The highest BCUT2D eigenvalue weighted by atomic mass is 16.6. The average Bonchev–Trinajstić information content (AvgIpc) is 3.22. The summed E-state index contributed by atoms with van der Waals surface area (Å²) >= 11 is 0. The number of amides is 1. The summed E-state index contributed by atoms with van der Waals surface area (Å²) in [5, 5.41) is 48.4. The zero-order valence-electron chi connectivity index (χ0n) is 23.6. The normalized spacial score (nSPS) is 36.9. The lowest BCUT2D eigenvalue weighted by atomic mass is 9.45. The van der Waals surface area contributed by atoms with E-state index in [-0.39, 0.29) is 47.8 Å². The summed E-state index contributed by atoms with van der Waals surface area (Å²) in [6.07, 6.45) is 5.81. The van der Waals surface area contributed by atoms with Gasteiger partial charge in [-0.05, 0) is 91.9 Å². The number of aliphatic hydroxyl groups is 3. The Labute approximate surface area is 239 Å². The Morgan fingerprint density at radius 3 is 2.51 bits per heavy atom. The molecule has 0 unspecified atom stereocenters. The van der Waals surface area contributed by atoms with Crippen molar-refractivity contribution in [2.24, 2.45) is 33.7 Å². The first kappa shape index (κ1) is 29.4. The number of carboxylic acids is 1. The Hall–Kier alpha value is -3.08. The number of rotatable bonds is 8. The van der Waals surface area contributed by atoms with E-state index in [4.69, 9.17) is 9.94 Å². The van der Waals surface area contributed by atoms with Crippen molar-refractivity contribution in [2.45, 2.75) is 77.0 Å². The van der Waals surface area contributed by atoms with Crippen LogP contribution >= 0.6 is 0 Å². The monoisotopic (exact) mass is 568 g/mol. The zero-order valence-corrected chi connectivity index (χ0v) is 23.6. The maximum atomic E-state index is 12.6. The number of ketones is 1. The van der Waals surface area contributed by atoms with Crippen LogP contribution in [-0.4, -0.2) is 68.7 Å². The van der Waals surface area contributed by atoms with Crippen LogP contribution in [-0.2, 0) is 21.0 Å². The van der Waals surface area contributed by atoms with Crippen molar-refractivity contribution in [1.82, 2.24) is 5.32 Å². The third-order valence-corrected chi connectivity index (χ3v) is 10.7. The van der Waals surface area contributed by atoms with Gasteiger partial charge in [-0.3, -0.25) is 9.59 Å². The first-order chi connectivity index (χ1) is 19.4. The molecule has 7 atom stereocenters. The smallest absolute Gasteiger partial charge is 0.335 e. The first-order valence-corrected chi connectivity index (χ1v) is 14.5. The molecule has 3 saturated carbocycles. The fourth-order valence-electron chi connectivity index (χ4n) is 8.56. The second-order valence-electron chi connectivity index (χ2n) is 12.7. The van der Waals surface area contributed by atoms with Gasteiger partial charge in [0.25, 0.3) is 5.91 Å². The molecular formula is C31H40N2O8. The number of nitrogens with one attached hydrogen (secondary N) is 1. The molecule has 1 aromatic carbocycles. The number of aliphatic hydroxyl groups excluding tert-OH is 2. The molecule has 1 aromatic rings. The van der Waals surface area contributed by atoms with Gasteiger partial charge in [0, 0.05) is 12.0 Å². The van der Waals surface area contributed by atoms with Gasteiger partial charge in [-0.15, -0.1) is 0 Å². The number of hydrogen-bond acceptors (Lipinski definition) is 8. The van der Waals surface area contributed by atoms with E-state index in [1.165, 1.54) is 17.7 Å². The fourth-order valence-corrected chi connectivity index (χ4v) is 8.56. The number of benzene rings is 1. The summed E-state index contributed by atoms with van der Waals surface area (Å²) < 4.78 is 0. The van der Waals surface area contributed by atoms with Gasteiger partial charge in [-0.25, -0.2) is 4.79 Å². The van der Waals surface area contributed by atoms with Crippen molar-refractivity contribution in [2.75, 3.05) is 13.2 Å². The van der Waals surface area contributed by atoms with E-state index >= 15 is 0 Å². The van der Waals surface area contributed by atoms with Gasteiger partial charge in [0.2, 0.25) is 0 Å². The Bertz CT molecular complexity index is 1280. The summed E-state index contributed by atoms with van der Waals surface area (Å²) in [7, 11) is 0. The SMILES string of the molecule is C[C@]12CCC(=NOCC(=O)NCc3ccc(C(=O)O)cc3)C=C1CC[C@H]1[C@@H]2[C@@H](O)C[C@]2(C)[C@H]1CC[C@]2(O)C(=O)CO. The third kappa shape index (κ3) is 5.00. The summed E-state index contributed by atoms with van der Waals surface area (Å²) in [6.45, 7) is 3.44. The van der Waals surface area contributed by atoms with Gasteiger partial charge in [-0.2, -0.15) is 0 Å². The van der Waals surface area contributed by atoms with E-state index in [0.717, 1.165) is 30.5 Å². The highest BCUT2D eigenvalue weighted by Crippen LogP contribution is 2.67. The first-order valence-electron chi connectivity index (χ1n) is 14.5. The molecule has 0 aliphatic heterocycles. The Morgan fingerprint density at radius 1 is 1.10 bits per heavy atom. The van der Waals surface area contributed by atoms with Crippen LogP contribution in [0.5, 0.6) is 0 Å². The van der Waals surface area contributed by atoms with E-state index in [1.54, 1.807) is 12.1 Å². The van der Waals surface area contributed by atoms with E-state index in [9.17, 15) is 29.7 Å². The highest BCUT2D eigenvalue weighted by Gasteiger charge is 2.68. The van der Waals surface area contributed by atoms with Gasteiger partial charge in [0.15, 0.2) is 12.4 Å². The van der Waals surface area contributed by atoms with Gasteiger partial charge in [-0.1, -0.05) is 36.7 Å². The number of carbonyl (C=O) groups is 3. The van der Waals surface area contributed by atoms with Gasteiger partial charge < -0.3 is 30.6 Å². The molecule has 0 heterocycles. The minimum Gasteiger partial charge on any atom is -0.478 e. The van der Waals surface area contributed by atoms with Crippen LogP contribution in [0.15, 0.2) is 41.1 Å². The summed E-state index contributed by atoms with van der Waals surface area (Å²) in [5.41, 5.74) is 0.323. The lowest BCUT2D eigenvalue weighted by molar-refractivity contribution is -0.181. The molecule has 1 amide bonds. The number of hydrogen-bond donors (Lipinski definition) is 5. The Kier molecular flexibility index (Phi) is 7.86.